The Morgan fingerprint density at radius 2 is 2.20 bits per heavy atom. The van der Waals surface area contributed by atoms with Gasteiger partial charge in [-0.25, -0.2) is 0 Å². The number of nitrogens with zero attached hydrogens (tertiary/aromatic N) is 2. The molecule has 20 heavy (non-hydrogen) atoms. The van der Waals surface area contributed by atoms with Gasteiger partial charge in [0, 0.05) is 30.6 Å². The van der Waals surface area contributed by atoms with Gasteiger partial charge < -0.3 is 10.2 Å². The quantitative estimate of drug-likeness (QED) is 0.522. The first-order valence-electron chi connectivity index (χ1n) is 6.46. The highest BCUT2D eigenvalue weighted by molar-refractivity contribution is 7.98. The normalized spacial score (nSPS) is 15.8. The van der Waals surface area contributed by atoms with Crippen LogP contribution in [-0.4, -0.2) is 48.2 Å². The maximum Gasteiger partial charge on any atom is 0.282 e. The zero-order valence-electron chi connectivity index (χ0n) is 11.3. The van der Waals surface area contributed by atoms with E-state index < -0.39 is 4.92 Å². The van der Waals surface area contributed by atoms with E-state index in [0.717, 1.165) is 24.4 Å². The molecule has 108 valence electrons. The number of nitro benzene ring substituents is 1. The molecule has 1 heterocycles. The summed E-state index contributed by atoms with van der Waals surface area (Å²) in [6.07, 6.45) is 2.74. The molecular formula is C13H17N3O3S. The summed E-state index contributed by atoms with van der Waals surface area (Å²) in [5.74, 6) is -0.253. The average molecular weight is 295 g/mol. The van der Waals surface area contributed by atoms with E-state index >= 15 is 0 Å². The van der Waals surface area contributed by atoms with Crippen molar-refractivity contribution in [2.45, 2.75) is 11.3 Å². The van der Waals surface area contributed by atoms with Gasteiger partial charge in [-0.1, -0.05) is 0 Å². The Kier molecular flexibility index (Phi) is 4.97. The third-order valence-electron chi connectivity index (χ3n) is 3.26. The molecule has 1 amide bonds. The Bertz CT molecular complexity index is 514. The van der Waals surface area contributed by atoms with Crippen molar-refractivity contribution >= 4 is 23.4 Å². The van der Waals surface area contributed by atoms with Gasteiger partial charge in [0.05, 0.1) is 4.92 Å². The van der Waals surface area contributed by atoms with Crippen LogP contribution in [0.25, 0.3) is 0 Å². The minimum absolute atomic E-state index is 0.120. The van der Waals surface area contributed by atoms with Gasteiger partial charge in [0.1, 0.15) is 5.56 Å². The number of rotatable bonds is 3. The zero-order valence-corrected chi connectivity index (χ0v) is 12.1. The maximum atomic E-state index is 12.5. The van der Waals surface area contributed by atoms with Crippen LogP contribution in [0.3, 0.4) is 0 Å². The third-order valence-corrected chi connectivity index (χ3v) is 3.98. The third kappa shape index (κ3) is 3.29. The molecule has 1 saturated heterocycles. The molecule has 0 atom stereocenters. The molecule has 0 spiro atoms. The minimum Gasteiger partial charge on any atom is -0.337 e. The number of carbonyl (C=O) groups excluding carboxylic acids is 1. The fraction of sp³-hybridized carbons (Fsp3) is 0.462. The second-order valence-corrected chi connectivity index (χ2v) is 5.42. The van der Waals surface area contributed by atoms with Crippen molar-refractivity contribution in [3.05, 3.63) is 33.9 Å². The standard InChI is InChI=1S/C13H17N3O3S/c1-20-10-3-4-12(16(18)19)11(9-10)13(17)15-7-2-5-14-6-8-15/h3-4,9,14H,2,5-8H2,1H3. The summed E-state index contributed by atoms with van der Waals surface area (Å²) in [6.45, 7) is 2.81. The van der Waals surface area contributed by atoms with Crippen LogP contribution in [-0.2, 0) is 0 Å². The smallest absolute Gasteiger partial charge is 0.282 e. The van der Waals surface area contributed by atoms with E-state index in [1.54, 1.807) is 17.0 Å². The van der Waals surface area contributed by atoms with Crippen molar-refractivity contribution in [2.24, 2.45) is 0 Å². The molecule has 1 aromatic rings. The Hall–Kier alpha value is -1.60. The van der Waals surface area contributed by atoms with Gasteiger partial charge in [-0.15, -0.1) is 11.8 Å². The first-order chi connectivity index (χ1) is 9.63. The van der Waals surface area contributed by atoms with Crippen molar-refractivity contribution in [1.29, 1.82) is 0 Å². The maximum absolute atomic E-state index is 12.5. The first-order valence-corrected chi connectivity index (χ1v) is 7.68. The van der Waals surface area contributed by atoms with Gasteiger partial charge in [0.15, 0.2) is 0 Å². The Balaban J connectivity index is 2.33. The molecule has 0 saturated carbocycles. The molecule has 1 aliphatic rings. The highest BCUT2D eigenvalue weighted by atomic mass is 32.2. The minimum atomic E-state index is -0.493. The molecule has 1 N–H and O–H groups in total. The van der Waals surface area contributed by atoms with Crippen molar-refractivity contribution in [3.8, 4) is 0 Å². The SMILES string of the molecule is CSc1ccc([N+](=O)[O-])c(C(=O)N2CCCNCC2)c1. The van der Waals surface area contributed by atoms with Crippen LogP contribution in [0.2, 0.25) is 0 Å². The van der Waals surface area contributed by atoms with Gasteiger partial charge in [-0.2, -0.15) is 0 Å². The summed E-state index contributed by atoms with van der Waals surface area (Å²) >= 11 is 1.47. The number of nitro groups is 1. The molecule has 0 aliphatic carbocycles. The second-order valence-electron chi connectivity index (χ2n) is 4.54. The van der Waals surface area contributed by atoms with Crippen LogP contribution < -0.4 is 5.32 Å². The molecule has 1 fully saturated rings. The van der Waals surface area contributed by atoms with Crippen LogP contribution >= 0.6 is 11.8 Å². The molecule has 0 bridgehead atoms. The summed E-state index contributed by atoms with van der Waals surface area (Å²) in [4.78, 5) is 25.7. The largest absolute Gasteiger partial charge is 0.337 e. The average Bonchev–Trinajstić information content (AvgIpc) is 2.74. The summed E-state index contributed by atoms with van der Waals surface area (Å²) in [6, 6.07) is 4.70. The molecule has 6 nitrogen and oxygen atoms in total. The predicted octanol–water partition coefficient (Wildman–Crippen LogP) is 1.75. The van der Waals surface area contributed by atoms with E-state index in [1.165, 1.54) is 17.8 Å². The van der Waals surface area contributed by atoms with E-state index in [9.17, 15) is 14.9 Å². The van der Waals surface area contributed by atoms with Crippen molar-refractivity contribution in [1.82, 2.24) is 10.2 Å². The number of hydrogen-bond acceptors (Lipinski definition) is 5. The van der Waals surface area contributed by atoms with Crippen LogP contribution in [0.15, 0.2) is 23.1 Å². The van der Waals surface area contributed by atoms with Crippen molar-refractivity contribution in [3.63, 3.8) is 0 Å². The lowest BCUT2D eigenvalue weighted by Gasteiger charge is -2.20. The number of hydrogen-bond donors (Lipinski definition) is 1. The summed E-state index contributed by atoms with van der Waals surface area (Å²) in [5.41, 5.74) is 0.0637. The Labute approximate surface area is 121 Å². The van der Waals surface area contributed by atoms with Crippen LogP contribution in [0.5, 0.6) is 0 Å². The van der Waals surface area contributed by atoms with E-state index in [4.69, 9.17) is 0 Å². The van der Waals surface area contributed by atoms with Gasteiger partial charge in [-0.3, -0.25) is 14.9 Å². The molecular weight excluding hydrogens is 278 g/mol. The summed E-state index contributed by atoms with van der Waals surface area (Å²) < 4.78 is 0. The van der Waals surface area contributed by atoms with Crippen LogP contribution in [0.4, 0.5) is 5.69 Å². The number of amides is 1. The molecule has 0 aromatic heterocycles. The van der Waals surface area contributed by atoms with Crippen LogP contribution in [0.1, 0.15) is 16.8 Å². The van der Waals surface area contributed by atoms with Gasteiger partial charge in [-0.05, 0) is 31.4 Å². The number of nitrogens with one attached hydrogen (secondary N) is 1. The van der Waals surface area contributed by atoms with E-state index in [-0.39, 0.29) is 17.2 Å². The van der Waals surface area contributed by atoms with E-state index in [1.807, 2.05) is 6.26 Å². The van der Waals surface area contributed by atoms with Crippen molar-refractivity contribution in [2.75, 3.05) is 32.4 Å². The predicted molar refractivity (Wildman–Crippen MR) is 78.3 cm³/mol. The lowest BCUT2D eigenvalue weighted by Crippen LogP contribution is -2.34. The van der Waals surface area contributed by atoms with Gasteiger partial charge >= 0.3 is 0 Å². The molecule has 1 aromatic carbocycles. The molecule has 0 radical (unpaired) electrons. The van der Waals surface area contributed by atoms with Crippen molar-refractivity contribution < 1.29 is 9.72 Å². The van der Waals surface area contributed by atoms with Gasteiger partial charge in [0.2, 0.25) is 0 Å². The number of benzene rings is 1. The summed E-state index contributed by atoms with van der Waals surface area (Å²) in [7, 11) is 0. The Morgan fingerprint density at radius 1 is 1.40 bits per heavy atom. The fourth-order valence-corrected chi connectivity index (χ4v) is 2.63. The lowest BCUT2D eigenvalue weighted by molar-refractivity contribution is -0.385. The first kappa shape index (κ1) is 14.8. The molecule has 1 aliphatic heterocycles. The van der Waals surface area contributed by atoms with Crippen LogP contribution in [0, 0.1) is 10.1 Å². The second kappa shape index (κ2) is 6.71. The summed E-state index contributed by atoms with van der Waals surface area (Å²) in [5, 5.41) is 14.3. The number of carbonyl (C=O) groups is 1. The van der Waals surface area contributed by atoms with E-state index in [0.29, 0.717) is 13.1 Å². The van der Waals surface area contributed by atoms with E-state index in [2.05, 4.69) is 5.32 Å². The van der Waals surface area contributed by atoms with Gasteiger partial charge in [0.25, 0.3) is 11.6 Å². The Morgan fingerprint density at radius 3 is 2.90 bits per heavy atom. The highest BCUT2D eigenvalue weighted by Crippen LogP contribution is 2.26. The fourth-order valence-electron chi connectivity index (χ4n) is 2.19. The molecule has 0 unspecified atom stereocenters. The molecule has 2 rings (SSSR count). The topological polar surface area (TPSA) is 75.5 Å². The highest BCUT2D eigenvalue weighted by Gasteiger charge is 2.25. The zero-order chi connectivity index (χ0) is 14.5. The number of thioether (sulfide) groups is 1. The lowest BCUT2D eigenvalue weighted by atomic mass is 10.1. The monoisotopic (exact) mass is 295 g/mol. The molecule has 7 heteroatoms.